The number of rotatable bonds is 3. The molecule has 5 nitrogen and oxygen atoms in total. The minimum Gasteiger partial charge on any atom is -0.372 e. The van der Waals surface area contributed by atoms with E-state index in [2.05, 4.69) is 5.32 Å². The normalized spacial score (nSPS) is 22.9. The lowest BCUT2D eigenvalue weighted by Gasteiger charge is -2.38. The van der Waals surface area contributed by atoms with E-state index in [0.29, 0.717) is 13.0 Å². The number of hydrogen-bond acceptors (Lipinski definition) is 3. The topological polar surface area (TPSA) is 58.6 Å². The molecule has 2 heterocycles. The molecule has 2 aliphatic heterocycles. The van der Waals surface area contributed by atoms with Crippen LogP contribution in [0, 0.1) is 5.41 Å². The molecule has 0 radical (unpaired) electrons. The Kier molecular flexibility index (Phi) is 3.66. The van der Waals surface area contributed by atoms with Crippen molar-refractivity contribution in [1.29, 1.82) is 0 Å². The summed E-state index contributed by atoms with van der Waals surface area (Å²) in [5.41, 5.74) is 0.111. The van der Waals surface area contributed by atoms with Crippen LogP contribution in [0.4, 0.5) is 0 Å². The molecule has 0 unspecified atom stereocenters. The maximum atomic E-state index is 11.7. The van der Waals surface area contributed by atoms with Crippen molar-refractivity contribution in [3.8, 4) is 0 Å². The third kappa shape index (κ3) is 2.77. The minimum absolute atomic E-state index is 0.0685. The number of amides is 2. The van der Waals surface area contributed by atoms with Crippen molar-refractivity contribution >= 4 is 11.8 Å². The van der Waals surface area contributed by atoms with E-state index in [1.807, 2.05) is 11.8 Å². The molecule has 96 valence electrons. The van der Waals surface area contributed by atoms with Crippen molar-refractivity contribution in [2.24, 2.45) is 5.41 Å². The molecule has 17 heavy (non-hydrogen) atoms. The number of hydrogen-bond donors (Lipinski definition) is 1. The Bertz CT molecular complexity index is 309. The molecule has 2 saturated heterocycles. The van der Waals surface area contributed by atoms with E-state index in [1.54, 1.807) is 0 Å². The molecule has 2 aliphatic rings. The van der Waals surface area contributed by atoms with Crippen LogP contribution in [0.1, 0.15) is 26.2 Å². The van der Waals surface area contributed by atoms with Gasteiger partial charge in [0.15, 0.2) is 0 Å². The first-order valence-electron chi connectivity index (χ1n) is 6.27. The van der Waals surface area contributed by atoms with Crippen LogP contribution in [-0.2, 0) is 14.3 Å². The summed E-state index contributed by atoms with van der Waals surface area (Å²) in [4.78, 5) is 24.9. The highest BCUT2D eigenvalue weighted by molar-refractivity contribution is 5.80. The molecule has 0 aliphatic carbocycles. The first-order chi connectivity index (χ1) is 8.15. The Morgan fingerprint density at radius 1 is 1.47 bits per heavy atom. The predicted octanol–water partition coefficient (Wildman–Crippen LogP) is 0.152. The molecule has 2 fully saturated rings. The van der Waals surface area contributed by atoms with Crippen LogP contribution < -0.4 is 5.32 Å². The monoisotopic (exact) mass is 240 g/mol. The quantitative estimate of drug-likeness (QED) is 0.764. The zero-order valence-electron chi connectivity index (χ0n) is 10.3. The highest BCUT2D eigenvalue weighted by atomic mass is 16.5. The van der Waals surface area contributed by atoms with E-state index < -0.39 is 0 Å². The molecule has 5 heteroatoms. The zero-order valence-corrected chi connectivity index (χ0v) is 10.3. The van der Waals surface area contributed by atoms with Crippen LogP contribution in [0.3, 0.4) is 0 Å². The second kappa shape index (κ2) is 5.04. The predicted molar refractivity (Wildman–Crippen MR) is 62.4 cm³/mol. The summed E-state index contributed by atoms with van der Waals surface area (Å²) in [5, 5.41) is 2.89. The van der Waals surface area contributed by atoms with Gasteiger partial charge in [-0.3, -0.25) is 9.59 Å². The molecular weight excluding hydrogens is 220 g/mol. The Morgan fingerprint density at radius 2 is 2.18 bits per heavy atom. The van der Waals surface area contributed by atoms with Gasteiger partial charge in [-0.1, -0.05) is 0 Å². The number of likely N-dealkylation sites (tertiary alicyclic amines) is 1. The number of nitrogens with one attached hydrogen (secondary N) is 1. The average Bonchev–Trinajstić information content (AvgIpc) is 2.68. The first-order valence-corrected chi connectivity index (χ1v) is 6.27. The van der Waals surface area contributed by atoms with Crippen molar-refractivity contribution in [1.82, 2.24) is 10.2 Å². The molecule has 1 spiro atoms. The average molecular weight is 240 g/mol. The third-order valence-corrected chi connectivity index (χ3v) is 3.80. The van der Waals surface area contributed by atoms with Gasteiger partial charge < -0.3 is 15.0 Å². The second-order valence-electron chi connectivity index (χ2n) is 4.97. The van der Waals surface area contributed by atoms with E-state index in [-0.39, 0.29) is 23.8 Å². The van der Waals surface area contributed by atoms with Crippen molar-refractivity contribution in [2.75, 3.05) is 32.8 Å². The van der Waals surface area contributed by atoms with E-state index in [0.717, 1.165) is 32.5 Å². The van der Waals surface area contributed by atoms with Gasteiger partial charge in [0.25, 0.3) is 0 Å². The molecule has 0 aromatic rings. The summed E-state index contributed by atoms with van der Waals surface area (Å²) in [6, 6.07) is 0. The molecule has 0 bridgehead atoms. The van der Waals surface area contributed by atoms with Crippen LogP contribution in [0.5, 0.6) is 0 Å². The van der Waals surface area contributed by atoms with Gasteiger partial charge in [0.05, 0.1) is 0 Å². The van der Waals surface area contributed by atoms with Crippen molar-refractivity contribution in [2.45, 2.75) is 26.2 Å². The number of nitrogens with zero attached hydrogens (tertiary/aromatic N) is 1. The molecule has 0 aromatic carbocycles. The number of carbonyl (C=O) groups is 2. The summed E-state index contributed by atoms with van der Waals surface area (Å²) >= 11 is 0. The standard InChI is InChI=1S/C12H20N2O3/c1-2-17-8-11(16)14-5-3-12(4-6-14)7-10(15)13-9-12/h2-9H2,1H3,(H,13,15). The van der Waals surface area contributed by atoms with E-state index in [9.17, 15) is 9.59 Å². The molecule has 0 atom stereocenters. The molecule has 1 N–H and O–H groups in total. The van der Waals surface area contributed by atoms with Gasteiger partial charge in [-0.15, -0.1) is 0 Å². The lowest BCUT2D eigenvalue weighted by Crippen LogP contribution is -2.45. The molecule has 0 aromatic heterocycles. The van der Waals surface area contributed by atoms with Gasteiger partial charge in [0.1, 0.15) is 6.61 Å². The lowest BCUT2D eigenvalue weighted by atomic mass is 9.77. The second-order valence-corrected chi connectivity index (χ2v) is 4.97. The maximum Gasteiger partial charge on any atom is 0.248 e. The Balaban J connectivity index is 1.81. The smallest absolute Gasteiger partial charge is 0.248 e. The molecule has 2 amide bonds. The van der Waals surface area contributed by atoms with E-state index in [4.69, 9.17) is 4.74 Å². The van der Waals surface area contributed by atoms with Gasteiger partial charge >= 0.3 is 0 Å². The van der Waals surface area contributed by atoms with Crippen LogP contribution in [0.2, 0.25) is 0 Å². The number of carbonyl (C=O) groups excluding carboxylic acids is 2. The van der Waals surface area contributed by atoms with Crippen LogP contribution in [0.25, 0.3) is 0 Å². The minimum atomic E-state index is 0.0685. The van der Waals surface area contributed by atoms with Gasteiger partial charge in [0, 0.05) is 32.7 Å². The van der Waals surface area contributed by atoms with Crippen molar-refractivity contribution in [3.63, 3.8) is 0 Å². The van der Waals surface area contributed by atoms with Gasteiger partial charge in [-0.25, -0.2) is 0 Å². The van der Waals surface area contributed by atoms with Crippen molar-refractivity contribution in [3.05, 3.63) is 0 Å². The fourth-order valence-electron chi connectivity index (χ4n) is 2.62. The summed E-state index contributed by atoms with van der Waals surface area (Å²) in [6.45, 7) is 4.91. The highest BCUT2D eigenvalue weighted by Gasteiger charge is 2.41. The fourth-order valence-corrected chi connectivity index (χ4v) is 2.62. The van der Waals surface area contributed by atoms with Gasteiger partial charge in [0.2, 0.25) is 11.8 Å². The zero-order chi connectivity index (χ0) is 12.3. The summed E-state index contributed by atoms with van der Waals surface area (Å²) in [7, 11) is 0. The third-order valence-electron chi connectivity index (χ3n) is 3.80. The van der Waals surface area contributed by atoms with Crippen LogP contribution in [-0.4, -0.2) is 49.6 Å². The Morgan fingerprint density at radius 3 is 2.71 bits per heavy atom. The first kappa shape index (κ1) is 12.4. The number of ether oxygens (including phenoxy) is 1. The number of piperidine rings is 1. The van der Waals surface area contributed by atoms with E-state index >= 15 is 0 Å². The largest absolute Gasteiger partial charge is 0.372 e. The maximum absolute atomic E-state index is 11.7. The molecular formula is C12H20N2O3. The van der Waals surface area contributed by atoms with Gasteiger partial charge in [-0.2, -0.15) is 0 Å². The van der Waals surface area contributed by atoms with Crippen molar-refractivity contribution < 1.29 is 14.3 Å². The summed E-state index contributed by atoms with van der Waals surface area (Å²) < 4.78 is 5.12. The molecule has 2 rings (SSSR count). The van der Waals surface area contributed by atoms with Crippen LogP contribution in [0.15, 0.2) is 0 Å². The summed E-state index contributed by atoms with van der Waals surface area (Å²) in [5.74, 6) is 0.220. The van der Waals surface area contributed by atoms with Crippen LogP contribution >= 0.6 is 0 Å². The summed E-state index contributed by atoms with van der Waals surface area (Å²) in [6.07, 6.45) is 2.47. The highest BCUT2D eigenvalue weighted by Crippen LogP contribution is 2.37. The lowest BCUT2D eigenvalue weighted by molar-refractivity contribution is -0.138. The fraction of sp³-hybridized carbons (Fsp3) is 0.833. The molecule has 0 saturated carbocycles. The van der Waals surface area contributed by atoms with E-state index in [1.165, 1.54) is 0 Å². The Hall–Kier alpha value is -1.10. The van der Waals surface area contributed by atoms with Gasteiger partial charge in [-0.05, 0) is 25.2 Å². The Labute approximate surface area is 101 Å². The SMILES string of the molecule is CCOCC(=O)N1CCC2(CC1)CNC(=O)C2.